The van der Waals surface area contributed by atoms with Crippen LogP contribution in [-0.2, 0) is 0 Å². The zero-order chi connectivity index (χ0) is 18.7. The summed E-state index contributed by atoms with van der Waals surface area (Å²) in [6, 6.07) is 14.6. The Hall–Kier alpha value is -3.35. The predicted octanol–water partition coefficient (Wildman–Crippen LogP) is 3.39. The molecular weight excluding hydrogens is 330 g/mol. The molecular formula is C19H21N5O2. The van der Waals surface area contributed by atoms with Crippen molar-refractivity contribution in [3.63, 3.8) is 0 Å². The Morgan fingerprint density at radius 1 is 1.19 bits per heavy atom. The molecule has 1 aromatic heterocycles. The van der Waals surface area contributed by atoms with Crippen molar-refractivity contribution in [1.82, 2.24) is 14.8 Å². The highest BCUT2D eigenvalue weighted by atomic mass is 16.5. The quantitative estimate of drug-likeness (QED) is 0.731. The van der Waals surface area contributed by atoms with E-state index in [-0.39, 0.29) is 23.9 Å². The summed E-state index contributed by atoms with van der Waals surface area (Å²) in [4.78, 5) is 16.8. The maximum Gasteiger partial charge on any atom is 0.281 e. The average Bonchev–Trinajstić information content (AvgIpc) is 2.94. The fraction of sp³-hybridized carbons (Fsp3) is 0.211. The van der Waals surface area contributed by atoms with Gasteiger partial charge in [0.2, 0.25) is 11.9 Å². The van der Waals surface area contributed by atoms with Crippen molar-refractivity contribution in [2.75, 3.05) is 11.1 Å². The minimum Gasteiger partial charge on any atom is -0.491 e. The first-order valence-electron chi connectivity index (χ1n) is 8.30. The van der Waals surface area contributed by atoms with Crippen molar-refractivity contribution < 1.29 is 9.53 Å². The molecule has 134 valence electrons. The third kappa shape index (κ3) is 4.00. The number of nitrogens with one attached hydrogen (secondary N) is 1. The van der Waals surface area contributed by atoms with Gasteiger partial charge in [0.25, 0.3) is 5.91 Å². The topological polar surface area (TPSA) is 95.1 Å². The zero-order valence-electron chi connectivity index (χ0n) is 14.9. The van der Waals surface area contributed by atoms with Gasteiger partial charge in [0, 0.05) is 11.3 Å². The van der Waals surface area contributed by atoms with E-state index in [1.54, 1.807) is 24.3 Å². The van der Waals surface area contributed by atoms with Crippen molar-refractivity contribution in [3.05, 3.63) is 59.7 Å². The van der Waals surface area contributed by atoms with Crippen LogP contribution in [0, 0.1) is 6.92 Å². The first-order valence-corrected chi connectivity index (χ1v) is 8.30. The Morgan fingerprint density at radius 3 is 2.69 bits per heavy atom. The van der Waals surface area contributed by atoms with E-state index in [1.807, 2.05) is 45.0 Å². The lowest BCUT2D eigenvalue weighted by atomic mass is 10.2. The highest BCUT2D eigenvalue weighted by Crippen LogP contribution is 2.19. The predicted molar refractivity (Wildman–Crippen MR) is 101 cm³/mol. The molecule has 2 aromatic carbocycles. The SMILES string of the molecule is Cc1cccc(Nc2nc(N)n(C(=O)c3cccc(OC(C)C)c3)n2)c1. The van der Waals surface area contributed by atoms with Gasteiger partial charge in [-0.1, -0.05) is 18.2 Å². The lowest BCUT2D eigenvalue weighted by Gasteiger charge is -2.10. The van der Waals surface area contributed by atoms with E-state index in [0.717, 1.165) is 15.9 Å². The highest BCUT2D eigenvalue weighted by Gasteiger charge is 2.17. The molecule has 0 aliphatic heterocycles. The number of anilines is 3. The van der Waals surface area contributed by atoms with Crippen molar-refractivity contribution in [3.8, 4) is 5.75 Å². The van der Waals surface area contributed by atoms with Gasteiger partial charge in [0.15, 0.2) is 0 Å². The standard InChI is InChI=1S/C19H21N5O2/c1-12(2)26-16-9-5-7-14(11-16)17(25)24-18(20)22-19(23-24)21-15-8-4-6-13(3)10-15/h4-12H,1-3H3,(H3,20,21,22,23). The monoisotopic (exact) mass is 351 g/mol. The summed E-state index contributed by atoms with van der Waals surface area (Å²) >= 11 is 0. The zero-order valence-corrected chi connectivity index (χ0v) is 14.9. The molecule has 3 rings (SSSR count). The minimum absolute atomic E-state index is 0.0142. The van der Waals surface area contributed by atoms with E-state index in [9.17, 15) is 4.79 Å². The van der Waals surface area contributed by atoms with Crippen LogP contribution in [-0.4, -0.2) is 26.8 Å². The molecule has 0 atom stereocenters. The van der Waals surface area contributed by atoms with E-state index < -0.39 is 0 Å². The van der Waals surface area contributed by atoms with Crippen LogP contribution in [0.4, 0.5) is 17.6 Å². The Kier molecular flexibility index (Phi) is 4.88. The van der Waals surface area contributed by atoms with Gasteiger partial charge in [0.05, 0.1) is 6.10 Å². The normalized spacial score (nSPS) is 10.8. The number of carbonyl (C=O) groups excluding carboxylic acids is 1. The van der Waals surface area contributed by atoms with Crippen molar-refractivity contribution in [1.29, 1.82) is 0 Å². The number of aromatic nitrogens is 3. The van der Waals surface area contributed by atoms with Crippen molar-refractivity contribution in [2.45, 2.75) is 26.9 Å². The number of hydrogen-bond acceptors (Lipinski definition) is 6. The summed E-state index contributed by atoms with van der Waals surface area (Å²) in [5.74, 6) is 0.514. The summed E-state index contributed by atoms with van der Waals surface area (Å²) in [6.07, 6.45) is 0.0157. The minimum atomic E-state index is -0.374. The van der Waals surface area contributed by atoms with Gasteiger partial charge >= 0.3 is 0 Å². The molecule has 0 aliphatic rings. The molecule has 3 aromatic rings. The number of carbonyl (C=O) groups is 1. The first-order chi connectivity index (χ1) is 12.4. The van der Waals surface area contributed by atoms with Crippen LogP contribution >= 0.6 is 0 Å². The van der Waals surface area contributed by atoms with Gasteiger partial charge in [-0.05, 0) is 56.7 Å². The van der Waals surface area contributed by atoms with Gasteiger partial charge in [-0.3, -0.25) is 4.79 Å². The summed E-state index contributed by atoms with van der Waals surface area (Å²) in [7, 11) is 0. The molecule has 0 amide bonds. The van der Waals surface area contributed by atoms with Gasteiger partial charge in [-0.15, -0.1) is 5.10 Å². The van der Waals surface area contributed by atoms with Crippen LogP contribution in [0.25, 0.3) is 0 Å². The summed E-state index contributed by atoms with van der Waals surface area (Å²) in [5, 5.41) is 7.23. The van der Waals surface area contributed by atoms with E-state index in [0.29, 0.717) is 11.3 Å². The molecule has 7 heteroatoms. The molecule has 0 saturated heterocycles. The first kappa shape index (κ1) is 17.5. The average molecular weight is 351 g/mol. The summed E-state index contributed by atoms with van der Waals surface area (Å²) in [5.41, 5.74) is 8.22. The smallest absolute Gasteiger partial charge is 0.281 e. The fourth-order valence-electron chi connectivity index (χ4n) is 2.48. The van der Waals surface area contributed by atoms with E-state index in [1.165, 1.54) is 0 Å². The van der Waals surface area contributed by atoms with Crippen molar-refractivity contribution >= 4 is 23.5 Å². The van der Waals surface area contributed by atoms with Gasteiger partial charge in [-0.25, -0.2) is 0 Å². The number of nitrogens with two attached hydrogens (primary N) is 1. The third-order valence-electron chi connectivity index (χ3n) is 3.55. The maximum atomic E-state index is 12.7. The van der Waals surface area contributed by atoms with E-state index >= 15 is 0 Å². The molecule has 26 heavy (non-hydrogen) atoms. The summed E-state index contributed by atoms with van der Waals surface area (Å²) in [6.45, 7) is 5.83. The van der Waals surface area contributed by atoms with Gasteiger partial charge < -0.3 is 15.8 Å². The van der Waals surface area contributed by atoms with Gasteiger partial charge in [-0.2, -0.15) is 9.67 Å². The molecule has 0 radical (unpaired) electrons. The maximum absolute atomic E-state index is 12.7. The lowest BCUT2D eigenvalue weighted by Crippen LogP contribution is -2.16. The second-order valence-electron chi connectivity index (χ2n) is 6.20. The molecule has 0 unspecified atom stereocenters. The fourth-order valence-corrected chi connectivity index (χ4v) is 2.48. The largest absolute Gasteiger partial charge is 0.491 e. The highest BCUT2D eigenvalue weighted by molar-refractivity contribution is 5.97. The van der Waals surface area contributed by atoms with E-state index in [4.69, 9.17) is 10.5 Å². The molecule has 3 N–H and O–H groups in total. The number of aryl methyl sites for hydroxylation is 1. The molecule has 7 nitrogen and oxygen atoms in total. The Balaban J connectivity index is 1.83. The third-order valence-corrected chi connectivity index (χ3v) is 3.55. The lowest BCUT2D eigenvalue weighted by molar-refractivity contribution is 0.0947. The van der Waals surface area contributed by atoms with Crippen LogP contribution in [0.3, 0.4) is 0 Å². The molecule has 0 fully saturated rings. The van der Waals surface area contributed by atoms with Gasteiger partial charge in [0.1, 0.15) is 5.75 Å². The molecule has 0 bridgehead atoms. The number of benzene rings is 2. The number of hydrogen-bond donors (Lipinski definition) is 2. The van der Waals surface area contributed by atoms with Crippen molar-refractivity contribution in [2.24, 2.45) is 0 Å². The Bertz CT molecular complexity index is 933. The van der Waals surface area contributed by atoms with Crippen LogP contribution in [0.15, 0.2) is 48.5 Å². The molecule has 0 aliphatic carbocycles. The number of nitrogens with zero attached hydrogens (tertiary/aromatic N) is 3. The molecule has 0 saturated carbocycles. The Labute approximate surface area is 151 Å². The summed E-state index contributed by atoms with van der Waals surface area (Å²) < 4.78 is 6.70. The van der Waals surface area contributed by atoms with Crippen LogP contribution in [0.1, 0.15) is 29.8 Å². The number of ether oxygens (including phenoxy) is 1. The van der Waals surface area contributed by atoms with E-state index in [2.05, 4.69) is 15.4 Å². The molecule has 0 spiro atoms. The second kappa shape index (κ2) is 7.26. The van der Waals surface area contributed by atoms with Crippen LogP contribution in [0.5, 0.6) is 5.75 Å². The molecule has 1 heterocycles. The van der Waals surface area contributed by atoms with Crippen LogP contribution < -0.4 is 15.8 Å². The number of rotatable bonds is 5. The Morgan fingerprint density at radius 2 is 1.96 bits per heavy atom. The van der Waals surface area contributed by atoms with Crippen LogP contribution in [0.2, 0.25) is 0 Å². The number of nitrogen functional groups attached to an aromatic ring is 1. The second-order valence-corrected chi connectivity index (χ2v) is 6.20.